The van der Waals surface area contributed by atoms with Crippen molar-refractivity contribution in [3.63, 3.8) is 0 Å². The van der Waals surface area contributed by atoms with Gasteiger partial charge in [-0.1, -0.05) is 29.8 Å². The van der Waals surface area contributed by atoms with Crippen LogP contribution in [-0.4, -0.2) is 24.5 Å². The highest BCUT2D eigenvalue weighted by Crippen LogP contribution is 2.10. The fourth-order valence-electron chi connectivity index (χ4n) is 1.84. The molecule has 1 rings (SSSR count). The maximum absolute atomic E-state index is 11.5. The first kappa shape index (κ1) is 16.2. The minimum atomic E-state index is -0.530. The van der Waals surface area contributed by atoms with Gasteiger partial charge in [-0.05, 0) is 39.7 Å². The van der Waals surface area contributed by atoms with Crippen LogP contribution in [-0.2, 0) is 16.0 Å². The molecular formula is C16H23NO3. The zero-order valence-corrected chi connectivity index (χ0v) is 12.6. The predicted molar refractivity (Wildman–Crippen MR) is 78.7 cm³/mol. The maximum atomic E-state index is 11.5. The largest absolute Gasteiger partial charge is 0.444 e. The molecule has 0 saturated carbocycles. The molecule has 0 aliphatic carbocycles. The zero-order chi connectivity index (χ0) is 15.2. The van der Waals surface area contributed by atoms with Gasteiger partial charge in [0.05, 0.1) is 0 Å². The van der Waals surface area contributed by atoms with E-state index in [4.69, 9.17) is 4.74 Å². The molecular weight excluding hydrogens is 254 g/mol. The van der Waals surface area contributed by atoms with E-state index >= 15 is 0 Å². The van der Waals surface area contributed by atoms with E-state index in [1.54, 1.807) is 20.8 Å². The molecule has 4 nitrogen and oxygen atoms in total. The molecule has 0 heterocycles. The number of aryl methyl sites for hydroxylation is 1. The molecule has 0 fully saturated rings. The zero-order valence-electron chi connectivity index (χ0n) is 12.6. The lowest BCUT2D eigenvalue weighted by atomic mass is 9.99. The van der Waals surface area contributed by atoms with E-state index in [1.165, 1.54) is 0 Å². The third kappa shape index (κ3) is 6.36. The number of hydrogen-bond acceptors (Lipinski definition) is 3. The lowest BCUT2D eigenvalue weighted by Crippen LogP contribution is -2.36. The number of rotatable bonds is 5. The summed E-state index contributed by atoms with van der Waals surface area (Å²) in [5, 5.41) is 2.63. The van der Waals surface area contributed by atoms with Gasteiger partial charge in [-0.15, -0.1) is 0 Å². The van der Waals surface area contributed by atoms with Crippen molar-refractivity contribution in [2.24, 2.45) is 5.92 Å². The Kier molecular flexibility index (Phi) is 5.74. The second kappa shape index (κ2) is 7.08. The smallest absolute Gasteiger partial charge is 0.407 e. The molecule has 20 heavy (non-hydrogen) atoms. The number of alkyl carbamates (subject to hydrolysis) is 1. The van der Waals surface area contributed by atoms with Crippen LogP contribution in [0.4, 0.5) is 4.79 Å². The number of nitrogens with one attached hydrogen (secondary N) is 1. The van der Waals surface area contributed by atoms with Crippen molar-refractivity contribution in [2.75, 3.05) is 6.54 Å². The molecule has 1 amide bonds. The summed E-state index contributed by atoms with van der Waals surface area (Å²) in [5.74, 6) is -0.246. The van der Waals surface area contributed by atoms with E-state index < -0.39 is 11.7 Å². The number of amides is 1. The van der Waals surface area contributed by atoms with Crippen LogP contribution in [0, 0.1) is 12.8 Å². The van der Waals surface area contributed by atoms with E-state index in [-0.39, 0.29) is 12.5 Å². The van der Waals surface area contributed by atoms with E-state index in [9.17, 15) is 9.59 Å². The van der Waals surface area contributed by atoms with Crippen molar-refractivity contribution in [1.82, 2.24) is 5.32 Å². The first-order chi connectivity index (χ1) is 9.30. The van der Waals surface area contributed by atoms with Gasteiger partial charge >= 0.3 is 6.09 Å². The molecule has 1 unspecified atom stereocenters. The van der Waals surface area contributed by atoms with E-state index in [0.29, 0.717) is 6.42 Å². The van der Waals surface area contributed by atoms with Crippen molar-refractivity contribution >= 4 is 12.4 Å². The SMILES string of the molecule is Cc1cccc(CC(C=O)CNC(=O)OC(C)(C)C)c1. The molecule has 0 saturated heterocycles. The van der Waals surface area contributed by atoms with Gasteiger partial charge in [0, 0.05) is 12.5 Å². The molecule has 110 valence electrons. The van der Waals surface area contributed by atoms with Gasteiger partial charge in [0.2, 0.25) is 0 Å². The summed E-state index contributed by atoms with van der Waals surface area (Å²) in [6, 6.07) is 8.01. The molecule has 1 atom stereocenters. The topological polar surface area (TPSA) is 55.4 Å². The van der Waals surface area contributed by atoms with Crippen LogP contribution >= 0.6 is 0 Å². The summed E-state index contributed by atoms with van der Waals surface area (Å²) in [6.07, 6.45) is 0.995. The summed E-state index contributed by atoms with van der Waals surface area (Å²) in [5.41, 5.74) is 1.72. The standard InChI is InChI=1S/C16H23NO3/c1-12-6-5-7-13(8-12)9-14(11-18)10-17-15(19)20-16(2,3)4/h5-8,11,14H,9-10H2,1-4H3,(H,17,19). The van der Waals surface area contributed by atoms with E-state index in [0.717, 1.165) is 17.4 Å². The number of carbonyl (C=O) groups excluding carboxylic acids is 2. The Labute approximate surface area is 120 Å². The summed E-state index contributed by atoms with van der Waals surface area (Å²) in [6.45, 7) is 7.70. The third-order valence-corrected chi connectivity index (χ3v) is 2.68. The van der Waals surface area contributed by atoms with Gasteiger partial charge in [0.25, 0.3) is 0 Å². The average molecular weight is 277 g/mol. The molecule has 0 spiro atoms. The Morgan fingerprint density at radius 1 is 1.40 bits per heavy atom. The maximum Gasteiger partial charge on any atom is 0.407 e. The first-order valence-electron chi connectivity index (χ1n) is 6.78. The third-order valence-electron chi connectivity index (χ3n) is 2.68. The molecule has 1 aromatic rings. The Hall–Kier alpha value is -1.84. The molecule has 4 heteroatoms. The van der Waals surface area contributed by atoms with Crippen LogP contribution in [0.25, 0.3) is 0 Å². The molecule has 0 bridgehead atoms. The normalized spacial score (nSPS) is 12.6. The van der Waals surface area contributed by atoms with E-state index in [2.05, 4.69) is 5.32 Å². The highest BCUT2D eigenvalue weighted by molar-refractivity contribution is 5.68. The molecule has 1 aromatic carbocycles. The van der Waals surface area contributed by atoms with Crippen LogP contribution in [0.2, 0.25) is 0 Å². The lowest BCUT2D eigenvalue weighted by molar-refractivity contribution is -0.110. The number of ether oxygens (including phenoxy) is 1. The first-order valence-corrected chi connectivity index (χ1v) is 6.78. The highest BCUT2D eigenvalue weighted by Gasteiger charge is 2.17. The van der Waals surface area contributed by atoms with Crippen molar-refractivity contribution < 1.29 is 14.3 Å². The molecule has 0 aromatic heterocycles. The second-order valence-electron chi connectivity index (χ2n) is 5.97. The van der Waals surface area contributed by atoms with E-state index in [1.807, 2.05) is 31.2 Å². The highest BCUT2D eigenvalue weighted by atomic mass is 16.6. The van der Waals surface area contributed by atoms with Gasteiger partial charge in [-0.3, -0.25) is 0 Å². The number of hydrogen-bond donors (Lipinski definition) is 1. The number of aldehydes is 1. The minimum Gasteiger partial charge on any atom is -0.444 e. The fourth-order valence-corrected chi connectivity index (χ4v) is 1.84. The molecule has 0 aliphatic heterocycles. The van der Waals surface area contributed by atoms with Crippen molar-refractivity contribution in [3.05, 3.63) is 35.4 Å². The molecule has 0 aliphatic rings. The van der Waals surface area contributed by atoms with Gasteiger partial charge in [-0.25, -0.2) is 4.79 Å². The predicted octanol–water partition coefficient (Wildman–Crippen LogP) is 2.88. The van der Waals surface area contributed by atoms with Crippen molar-refractivity contribution in [1.29, 1.82) is 0 Å². The van der Waals surface area contributed by atoms with Gasteiger partial charge in [-0.2, -0.15) is 0 Å². The van der Waals surface area contributed by atoms with Crippen LogP contribution in [0.1, 0.15) is 31.9 Å². The number of benzene rings is 1. The summed E-state index contributed by atoms with van der Waals surface area (Å²) >= 11 is 0. The monoisotopic (exact) mass is 277 g/mol. The molecule has 0 radical (unpaired) electrons. The van der Waals surface area contributed by atoms with Crippen LogP contribution in [0.5, 0.6) is 0 Å². The average Bonchev–Trinajstić information content (AvgIpc) is 2.32. The Morgan fingerprint density at radius 2 is 2.10 bits per heavy atom. The van der Waals surface area contributed by atoms with Crippen molar-refractivity contribution in [3.8, 4) is 0 Å². The Bertz CT molecular complexity index is 463. The van der Waals surface area contributed by atoms with Gasteiger partial charge in [0.15, 0.2) is 0 Å². The van der Waals surface area contributed by atoms with Crippen LogP contribution in [0.3, 0.4) is 0 Å². The fraction of sp³-hybridized carbons (Fsp3) is 0.500. The quantitative estimate of drug-likeness (QED) is 0.842. The van der Waals surface area contributed by atoms with Gasteiger partial charge < -0.3 is 14.8 Å². The molecule has 1 N–H and O–H groups in total. The minimum absolute atomic E-state index is 0.246. The van der Waals surface area contributed by atoms with Crippen LogP contribution < -0.4 is 5.32 Å². The second-order valence-corrected chi connectivity index (χ2v) is 5.97. The summed E-state index contributed by atoms with van der Waals surface area (Å²) < 4.78 is 5.14. The van der Waals surface area contributed by atoms with Gasteiger partial charge in [0.1, 0.15) is 11.9 Å². The van der Waals surface area contributed by atoms with Crippen molar-refractivity contribution in [2.45, 2.75) is 39.7 Å². The summed E-state index contributed by atoms with van der Waals surface area (Å²) in [4.78, 5) is 22.6. The lowest BCUT2D eigenvalue weighted by Gasteiger charge is -2.20. The van der Waals surface area contributed by atoms with Crippen LogP contribution in [0.15, 0.2) is 24.3 Å². The Balaban J connectivity index is 2.48. The Morgan fingerprint density at radius 3 is 2.65 bits per heavy atom. The number of carbonyl (C=O) groups is 2. The summed E-state index contributed by atoms with van der Waals surface area (Å²) in [7, 11) is 0.